The van der Waals surface area contributed by atoms with Crippen molar-refractivity contribution in [3.63, 3.8) is 0 Å². The van der Waals surface area contributed by atoms with Crippen LogP contribution in [0.4, 0.5) is 0 Å². The van der Waals surface area contributed by atoms with Crippen LogP contribution in [0.3, 0.4) is 0 Å². The quantitative estimate of drug-likeness (QED) is 0.205. The lowest BCUT2D eigenvalue weighted by atomic mass is 10.2. The summed E-state index contributed by atoms with van der Waals surface area (Å²) in [6, 6.07) is 7.26. The second-order valence-corrected chi connectivity index (χ2v) is 20.0. The molecule has 0 aliphatic heterocycles. The number of ether oxygens (including phenoxy) is 4. The molecule has 0 saturated heterocycles. The van der Waals surface area contributed by atoms with E-state index < -0.39 is 16.1 Å². The smallest absolute Gasteiger partial charge is 0.189 e. The molecule has 0 unspecified atom stereocenters. The molecule has 0 saturated carbocycles. The van der Waals surface area contributed by atoms with Gasteiger partial charge in [0.1, 0.15) is 6.29 Å². The molecule has 5 nitrogen and oxygen atoms in total. The van der Waals surface area contributed by atoms with Gasteiger partial charge in [0.15, 0.2) is 25.1 Å². The van der Waals surface area contributed by atoms with Gasteiger partial charge in [-0.3, -0.25) is 4.79 Å². The first kappa shape index (κ1) is 22.9. The summed E-state index contributed by atoms with van der Waals surface area (Å²) in [6.45, 7) is 15.5. The topological polar surface area (TPSA) is 54.0 Å². The maximum Gasteiger partial charge on any atom is 0.189 e. The molecule has 1 aromatic carbocycles. The van der Waals surface area contributed by atoms with E-state index in [0.29, 0.717) is 30.3 Å². The normalized spacial score (nSPS) is 12.1. The fraction of sp³-hybridized carbons (Fsp3) is 0.632. The molecule has 0 N–H and O–H groups in total. The first-order valence-electron chi connectivity index (χ1n) is 9.11. The highest BCUT2D eigenvalue weighted by Crippen LogP contribution is 2.28. The Morgan fingerprint density at radius 2 is 1.31 bits per heavy atom. The van der Waals surface area contributed by atoms with Crippen LogP contribution in [0.2, 0.25) is 51.4 Å². The van der Waals surface area contributed by atoms with Crippen LogP contribution in [-0.4, -0.2) is 49.2 Å². The lowest BCUT2D eigenvalue weighted by Gasteiger charge is -2.17. The predicted molar refractivity (Wildman–Crippen MR) is 111 cm³/mol. The Labute approximate surface area is 160 Å². The van der Waals surface area contributed by atoms with Crippen LogP contribution in [0, 0.1) is 0 Å². The molecular weight excluding hydrogens is 364 g/mol. The summed E-state index contributed by atoms with van der Waals surface area (Å²) in [5.74, 6) is 1.05. The van der Waals surface area contributed by atoms with Crippen molar-refractivity contribution in [3.05, 3.63) is 23.8 Å². The molecule has 26 heavy (non-hydrogen) atoms. The minimum Gasteiger partial charge on any atom is -0.464 e. The van der Waals surface area contributed by atoms with Crippen LogP contribution in [0.25, 0.3) is 0 Å². The summed E-state index contributed by atoms with van der Waals surface area (Å²) in [5.41, 5.74) is 0.536. The van der Waals surface area contributed by atoms with E-state index in [4.69, 9.17) is 18.9 Å². The molecule has 0 fully saturated rings. The minimum absolute atomic E-state index is 0.139. The third-order valence-electron chi connectivity index (χ3n) is 3.69. The number of carbonyl (C=O) groups excluding carboxylic acids is 1. The fourth-order valence-electron chi connectivity index (χ4n) is 1.91. The number of aldehydes is 1. The molecule has 0 radical (unpaired) electrons. The van der Waals surface area contributed by atoms with Crippen LogP contribution in [0.5, 0.6) is 11.5 Å². The maximum atomic E-state index is 11.0. The minimum atomic E-state index is -1.12. The Balaban J connectivity index is 2.48. The molecule has 7 heteroatoms. The van der Waals surface area contributed by atoms with Gasteiger partial charge in [-0.25, -0.2) is 0 Å². The Morgan fingerprint density at radius 1 is 0.808 bits per heavy atom. The number of rotatable bonds is 13. The summed E-state index contributed by atoms with van der Waals surface area (Å²) in [6.07, 6.45) is 0.785. The van der Waals surface area contributed by atoms with Crippen molar-refractivity contribution in [3.8, 4) is 11.5 Å². The van der Waals surface area contributed by atoms with E-state index in [-0.39, 0.29) is 13.6 Å². The summed E-state index contributed by atoms with van der Waals surface area (Å²) in [7, 11) is -2.22. The molecule has 1 rings (SSSR count). The monoisotopic (exact) mass is 398 g/mol. The fourth-order valence-corrected chi connectivity index (χ4v) is 3.43. The summed E-state index contributed by atoms with van der Waals surface area (Å²) in [4.78, 5) is 11.0. The van der Waals surface area contributed by atoms with Crippen molar-refractivity contribution in [2.24, 2.45) is 0 Å². The molecule has 0 aliphatic carbocycles. The van der Waals surface area contributed by atoms with Crippen molar-refractivity contribution in [2.45, 2.75) is 51.4 Å². The average molecular weight is 399 g/mol. The number of carbonyl (C=O) groups is 1. The van der Waals surface area contributed by atoms with E-state index in [9.17, 15) is 4.79 Å². The average Bonchev–Trinajstić information content (AvgIpc) is 2.53. The summed E-state index contributed by atoms with van der Waals surface area (Å²) in [5, 5.41) is 0. The van der Waals surface area contributed by atoms with Gasteiger partial charge in [0.2, 0.25) is 0 Å². The molecule has 0 aliphatic rings. The van der Waals surface area contributed by atoms with Gasteiger partial charge in [-0.1, -0.05) is 39.3 Å². The van der Waals surface area contributed by atoms with Gasteiger partial charge >= 0.3 is 0 Å². The van der Waals surface area contributed by atoms with Gasteiger partial charge in [0.05, 0.1) is 0 Å². The zero-order chi connectivity index (χ0) is 19.6. The van der Waals surface area contributed by atoms with Crippen molar-refractivity contribution in [1.82, 2.24) is 0 Å². The second-order valence-electron chi connectivity index (χ2n) is 8.79. The van der Waals surface area contributed by atoms with Gasteiger partial charge in [-0.2, -0.15) is 0 Å². The zero-order valence-electron chi connectivity index (χ0n) is 17.1. The SMILES string of the molecule is C[Si](C)(C)CCOCOc1ccc(C=O)cc1OCOCC[Si](C)(C)C. The first-order valence-corrected chi connectivity index (χ1v) is 16.5. The maximum absolute atomic E-state index is 11.0. The van der Waals surface area contributed by atoms with Gasteiger partial charge in [0, 0.05) is 34.9 Å². The lowest BCUT2D eigenvalue weighted by Crippen LogP contribution is -2.22. The van der Waals surface area contributed by atoms with E-state index in [0.717, 1.165) is 18.4 Å². The number of hydrogen-bond acceptors (Lipinski definition) is 5. The van der Waals surface area contributed by atoms with Crippen molar-refractivity contribution in [2.75, 3.05) is 26.8 Å². The van der Waals surface area contributed by atoms with Crippen molar-refractivity contribution >= 4 is 22.4 Å². The van der Waals surface area contributed by atoms with Crippen LogP contribution in [0.1, 0.15) is 10.4 Å². The van der Waals surface area contributed by atoms with Crippen LogP contribution in [-0.2, 0) is 9.47 Å². The molecule has 0 heterocycles. The second kappa shape index (κ2) is 10.9. The highest BCUT2D eigenvalue weighted by Gasteiger charge is 2.13. The third-order valence-corrected chi connectivity index (χ3v) is 7.10. The van der Waals surface area contributed by atoms with Crippen LogP contribution >= 0.6 is 0 Å². The molecule has 0 atom stereocenters. The Hall–Kier alpha value is -1.16. The molecule has 0 aromatic heterocycles. The highest BCUT2D eigenvalue weighted by molar-refractivity contribution is 6.76. The van der Waals surface area contributed by atoms with Gasteiger partial charge < -0.3 is 18.9 Å². The molecule has 0 spiro atoms. The number of benzene rings is 1. The van der Waals surface area contributed by atoms with E-state index >= 15 is 0 Å². The highest BCUT2D eigenvalue weighted by atomic mass is 28.3. The van der Waals surface area contributed by atoms with Gasteiger partial charge in [-0.15, -0.1) is 0 Å². The van der Waals surface area contributed by atoms with Gasteiger partial charge in [0.25, 0.3) is 0 Å². The molecule has 0 amide bonds. The Kier molecular flexibility index (Phi) is 9.56. The van der Waals surface area contributed by atoms with Crippen molar-refractivity contribution in [1.29, 1.82) is 0 Å². The van der Waals surface area contributed by atoms with Crippen LogP contribution < -0.4 is 9.47 Å². The Morgan fingerprint density at radius 3 is 1.77 bits per heavy atom. The van der Waals surface area contributed by atoms with Crippen molar-refractivity contribution < 1.29 is 23.7 Å². The standard InChI is InChI=1S/C19H34O5Si2/c1-25(2,3)11-9-21-15-23-18-8-7-17(14-20)13-19(18)24-16-22-10-12-26(4,5)6/h7-8,13-14H,9-12,15-16H2,1-6H3. The van der Waals surface area contributed by atoms with E-state index in [1.54, 1.807) is 18.2 Å². The molecule has 1 aromatic rings. The van der Waals surface area contributed by atoms with E-state index in [1.807, 2.05) is 0 Å². The van der Waals surface area contributed by atoms with E-state index in [1.165, 1.54) is 0 Å². The third kappa shape index (κ3) is 10.7. The number of hydrogen-bond donors (Lipinski definition) is 0. The molecule has 0 bridgehead atoms. The molecule has 148 valence electrons. The zero-order valence-corrected chi connectivity index (χ0v) is 19.1. The Bertz CT molecular complexity index is 550. The summed E-state index contributed by atoms with van der Waals surface area (Å²) < 4.78 is 22.5. The largest absolute Gasteiger partial charge is 0.464 e. The predicted octanol–water partition coefficient (Wildman–Crippen LogP) is 4.88. The first-order chi connectivity index (χ1) is 12.1. The molecular formula is C19H34O5Si2. The van der Waals surface area contributed by atoms with Crippen LogP contribution in [0.15, 0.2) is 18.2 Å². The van der Waals surface area contributed by atoms with Gasteiger partial charge in [-0.05, 0) is 30.3 Å². The van der Waals surface area contributed by atoms with E-state index in [2.05, 4.69) is 39.3 Å². The lowest BCUT2D eigenvalue weighted by molar-refractivity contribution is 0.00571. The summed E-state index contributed by atoms with van der Waals surface area (Å²) >= 11 is 0.